The fraction of sp³-hybridized carbons (Fsp3) is 0.308. The van der Waals surface area contributed by atoms with Gasteiger partial charge in [0.1, 0.15) is 17.0 Å². The van der Waals surface area contributed by atoms with E-state index in [2.05, 4.69) is 17.1 Å². The Morgan fingerprint density at radius 2 is 2.35 bits per heavy atom. The van der Waals surface area contributed by atoms with Gasteiger partial charge in [-0.05, 0) is 31.1 Å². The number of hydrogen-bond acceptors (Lipinski definition) is 4. The van der Waals surface area contributed by atoms with Gasteiger partial charge in [-0.1, -0.05) is 0 Å². The summed E-state index contributed by atoms with van der Waals surface area (Å²) in [5.74, 6) is 1.80. The monoisotopic (exact) mass is 247 g/mol. The maximum absolute atomic E-state index is 5.71. The zero-order chi connectivity index (χ0) is 11.7. The predicted octanol–water partition coefficient (Wildman–Crippen LogP) is 3.46. The number of benzene rings is 1. The van der Waals surface area contributed by atoms with Gasteiger partial charge in [0.25, 0.3) is 0 Å². The van der Waals surface area contributed by atoms with Gasteiger partial charge in [-0.15, -0.1) is 11.3 Å². The molecule has 1 aromatic carbocycles. The Labute approximate surface area is 104 Å². The summed E-state index contributed by atoms with van der Waals surface area (Å²) in [6, 6.07) is 4.01. The average Bonchev–Trinajstić information content (AvgIpc) is 2.88. The highest BCUT2D eigenvalue weighted by Crippen LogP contribution is 2.35. The third-order valence-electron chi connectivity index (χ3n) is 2.87. The largest absolute Gasteiger partial charge is 0.494 e. The van der Waals surface area contributed by atoms with Gasteiger partial charge in [-0.25, -0.2) is 4.98 Å². The van der Waals surface area contributed by atoms with E-state index in [-0.39, 0.29) is 0 Å². The molecule has 4 heteroatoms. The number of ether oxygens (including phenoxy) is 2. The molecular formula is C13H13NO2S. The molecule has 0 atom stereocenters. The topological polar surface area (TPSA) is 31.4 Å². The Morgan fingerprint density at radius 3 is 3.12 bits per heavy atom. The summed E-state index contributed by atoms with van der Waals surface area (Å²) in [6.45, 7) is 0.804. The summed E-state index contributed by atoms with van der Waals surface area (Å²) in [6.07, 6.45) is 4.34. The summed E-state index contributed by atoms with van der Waals surface area (Å²) in [5, 5.41) is 0. The highest BCUT2D eigenvalue weighted by Gasteiger charge is 2.15. The van der Waals surface area contributed by atoms with E-state index in [0.717, 1.165) is 46.7 Å². The summed E-state index contributed by atoms with van der Waals surface area (Å²) in [4.78, 5) is 4.36. The Bertz CT molecular complexity index is 574. The number of rotatable bonds is 2. The minimum absolute atomic E-state index is 0.804. The molecular weight excluding hydrogens is 234 g/mol. The minimum Gasteiger partial charge on any atom is -0.494 e. The van der Waals surface area contributed by atoms with Gasteiger partial charge in [-0.2, -0.15) is 0 Å². The lowest BCUT2D eigenvalue weighted by Gasteiger charge is -2.15. The summed E-state index contributed by atoms with van der Waals surface area (Å²) in [5.41, 5.74) is 3.90. The van der Waals surface area contributed by atoms with Crippen LogP contribution >= 0.6 is 11.3 Å². The average molecular weight is 247 g/mol. The molecule has 88 valence electrons. The molecule has 0 aliphatic carbocycles. The molecule has 0 saturated heterocycles. The minimum atomic E-state index is 0.804. The number of allylic oxidation sites excluding steroid dienone is 1. The summed E-state index contributed by atoms with van der Waals surface area (Å²) in [7, 11) is 1.67. The van der Waals surface area contributed by atoms with Gasteiger partial charge in [0.05, 0.1) is 23.9 Å². The van der Waals surface area contributed by atoms with Gasteiger partial charge >= 0.3 is 0 Å². The van der Waals surface area contributed by atoms with E-state index in [1.807, 2.05) is 11.6 Å². The van der Waals surface area contributed by atoms with Gasteiger partial charge in [0, 0.05) is 5.56 Å². The number of hydrogen-bond donors (Lipinski definition) is 0. The standard InChI is InChI=1S/C13H13NO2S/c1-15-11-6-5-9(10-4-2-3-7-16-10)13-12(11)14-8-17-13/h4-6,8H,2-3,7H2,1H3. The van der Waals surface area contributed by atoms with Crippen LogP contribution in [0.1, 0.15) is 18.4 Å². The van der Waals surface area contributed by atoms with E-state index in [1.165, 1.54) is 0 Å². The van der Waals surface area contributed by atoms with Crippen LogP contribution in [-0.4, -0.2) is 18.7 Å². The summed E-state index contributed by atoms with van der Waals surface area (Å²) < 4.78 is 12.2. The Hall–Kier alpha value is -1.55. The second kappa shape index (κ2) is 4.37. The number of nitrogens with zero attached hydrogens (tertiary/aromatic N) is 1. The van der Waals surface area contributed by atoms with Crippen molar-refractivity contribution in [2.45, 2.75) is 12.8 Å². The molecule has 2 aromatic rings. The molecule has 0 fully saturated rings. The van der Waals surface area contributed by atoms with E-state index < -0.39 is 0 Å². The van der Waals surface area contributed by atoms with Gasteiger partial charge < -0.3 is 9.47 Å². The molecule has 2 heterocycles. The smallest absolute Gasteiger partial charge is 0.146 e. The fourth-order valence-corrected chi connectivity index (χ4v) is 2.85. The number of thiazole rings is 1. The van der Waals surface area contributed by atoms with Gasteiger partial charge in [-0.3, -0.25) is 0 Å². The molecule has 1 aliphatic rings. The third kappa shape index (κ3) is 1.78. The van der Waals surface area contributed by atoms with Crippen molar-refractivity contribution in [2.75, 3.05) is 13.7 Å². The molecule has 0 radical (unpaired) electrons. The van der Waals surface area contributed by atoms with Gasteiger partial charge in [0.2, 0.25) is 0 Å². The molecule has 1 aromatic heterocycles. The molecule has 17 heavy (non-hydrogen) atoms. The summed E-state index contributed by atoms with van der Waals surface area (Å²) >= 11 is 1.63. The van der Waals surface area contributed by atoms with Crippen molar-refractivity contribution in [1.82, 2.24) is 4.98 Å². The first-order valence-electron chi connectivity index (χ1n) is 5.63. The molecule has 0 unspecified atom stereocenters. The van der Waals surface area contributed by atoms with Crippen LogP contribution in [0.5, 0.6) is 5.75 Å². The highest BCUT2D eigenvalue weighted by molar-refractivity contribution is 7.17. The van der Waals surface area contributed by atoms with Crippen LogP contribution in [0.2, 0.25) is 0 Å². The van der Waals surface area contributed by atoms with Gasteiger partial charge in [0.15, 0.2) is 0 Å². The molecule has 3 rings (SSSR count). The first-order valence-corrected chi connectivity index (χ1v) is 6.51. The number of methoxy groups -OCH3 is 1. The molecule has 0 N–H and O–H groups in total. The van der Waals surface area contributed by atoms with Crippen molar-refractivity contribution in [3.63, 3.8) is 0 Å². The van der Waals surface area contributed by atoms with E-state index in [4.69, 9.17) is 9.47 Å². The maximum Gasteiger partial charge on any atom is 0.146 e. The number of fused-ring (bicyclic) bond motifs is 1. The zero-order valence-corrected chi connectivity index (χ0v) is 10.4. The molecule has 0 bridgehead atoms. The molecule has 0 amide bonds. The first kappa shape index (κ1) is 10.6. The first-order chi connectivity index (χ1) is 8.40. The molecule has 0 spiro atoms. The van der Waals surface area contributed by atoms with Crippen LogP contribution in [-0.2, 0) is 4.74 Å². The van der Waals surface area contributed by atoms with Crippen LogP contribution < -0.4 is 4.74 Å². The zero-order valence-electron chi connectivity index (χ0n) is 9.60. The lowest BCUT2D eigenvalue weighted by atomic mass is 10.1. The Morgan fingerprint density at radius 1 is 1.41 bits per heavy atom. The SMILES string of the molecule is COc1ccc(C2=CCCCO2)c2scnc12. The Balaban J connectivity index is 2.17. The molecule has 3 nitrogen and oxygen atoms in total. The highest BCUT2D eigenvalue weighted by atomic mass is 32.1. The van der Waals surface area contributed by atoms with Crippen LogP contribution in [0, 0.1) is 0 Å². The lowest BCUT2D eigenvalue weighted by Crippen LogP contribution is -2.00. The third-order valence-corrected chi connectivity index (χ3v) is 3.73. The number of aromatic nitrogens is 1. The maximum atomic E-state index is 5.71. The van der Waals surface area contributed by atoms with Crippen molar-refractivity contribution in [1.29, 1.82) is 0 Å². The van der Waals surface area contributed by atoms with Crippen molar-refractivity contribution >= 4 is 27.3 Å². The lowest BCUT2D eigenvalue weighted by molar-refractivity contribution is 0.259. The van der Waals surface area contributed by atoms with E-state index >= 15 is 0 Å². The van der Waals surface area contributed by atoms with Crippen LogP contribution in [0.25, 0.3) is 16.0 Å². The normalized spacial score (nSPS) is 15.5. The Kier molecular flexibility index (Phi) is 2.73. The van der Waals surface area contributed by atoms with E-state index in [9.17, 15) is 0 Å². The van der Waals surface area contributed by atoms with E-state index in [0.29, 0.717) is 0 Å². The fourth-order valence-electron chi connectivity index (χ4n) is 2.03. The van der Waals surface area contributed by atoms with Crippen LogP contribution in [0.4, 0.5) is 0 Å². The van der Waals surface area contributed by atoms with Crippen molar-refractivity contribution in [3.8, 4) is 5.75 Å². The van der Waals surface area contributed by atoms with Crippen molar-refractivity contribution in [3.05, 3.63) is 29.3 Å². The quantitative estimate of drug-likeness (QED) is 0.814. The van der Waals surface area contributed by atoms with Crippen LogP contribution in [0.15, 0.2) is 23.7 Å². The van der Waals surface area contributed by atoms with Crippen LogP contribution in [0.3, 0.4) is 0 Å². The van der Waals surface area contributed by atoms with Crippen molar-refractivity contribution in [2.24, 2.45) is 0 Å². The second-order valence-corrected chi connectivity index (χ2v) is 4.76. The molecule has 0 saturated carbocycles. The predicted molar refractivity (Wildman–Crippen MR) is 69.3 cm³/mol. The second-order valence-electron chi connectivity index (χ2n) is 3.90. The molecule has 1 aliphatic heterocycles. The van der Waals surface area contributed by atoms with Crippen molar-refractivity contribution < 1.29 is 9.47 Å². The van der Waals surface area contributed by atoms with E-state index in [1.54, 1.807) is 18.4 Å².